The van der Waals surface area contributed by atoms with Gasteiger partial charge in [-0.05, 0) is 37.5 Å². The van der Waals surface area contributed by atoms with E-state index in [9.17, 15) is 17.6 Å². The van der Waals surface area contributed by atoms with E-state index in [-0.39, 0.29) is 16.0 Å². The quantitative estimate of drug-likeness (QED) is 0.611. The Labute approximate surface area is 127 Å². The summed E-state index contributed by atoms with van der Waals surface area (Å²) < 4.78 is 41.4. The molecule has 118 valence electrons. The van der Waals surface area contributed by atoms with Gasteiger partial charge in [0.2, 0.25) is 0 Å². The summed E-state index contributed by atoms with van der Waals surface area (Å²) in [6.45, 7) is 2.33. The van der Waals surface area contributed by atoms with Gasteiger partial charge in [0.05, 0.1) is 10.5 Å². The summed E-state index contributed by atoms with van der Waals surface area (Å²) >= 11 is 0. The minimum absolute atomic E-state index is 0.152. The first-order chi connectivity index (χ1) is 9.77. The SMILES string of the molecule is COCCCCNC(=O)c1cc(S(=O)(=O)Cl)c(C)cc1F. The van der Waals surface area contributed by atoms with Gasteiger partial charge in [0.25, 0.3) is 15.0 Å². The highest BCUT2D eigenvalue weighted by Crippen LogP contribution is 2.23. The van der Waals surface area contributed by atoms with Crippen LogP contribution in [0.15, 0.2) is 17.0 Å². The molecule has 1 amide bonds. The Bertz CT molecular complexity index is 619. The molecule has 0 aliphatic carbocycles. The third-order valence-electron chi connectivity index (χ3n) is 2.83. The highest BCUT2D eigenvalue weighted by Gasteiger charge is 2.20. The lowest BCUT2D eigenvalue weighted by Gasteiger charge is -2.09. The number of hydrogen-bond acceptors (Lipinski definition) is 4. The van der Waals surface area contributed by atoms with Gasteiger partial charge < -0.3 is 10.1 Å². The largest absolute Gasteiger partial charge is 0.385 e. The van der Waals surface area contributed by atoms with Crippen LogP contribution in [0, 0.1) is 12.7 Å². The van der Waals surface area contributed by atoms with E-state index in [1.807, 2.05) is 0 Å². The molecule has 0 heterocycles. The molecule has 1 aromatic carbocycles. The van der Waals surface area contributed by atoms with Crippen molar-refractivity contribution in [2.24, 2.45) is 0 Å². The van der Waals surface area contributed by atoms with Crippen LogP contribution in [0.2, 0.25) is 0 Å². The Morgan fingerprint density at radius 2 is 2.05 bits per heavy atom. The molecule has 1 N–H and O–H groups in total. The Balaban J connectivity index is 2.85. The number of ether oxygens (including phenoxy) is 1. The molecule has 1 aromatic rings. The van der Waals surface area contributed by atoms with E-state index >= 15 is 0 Å². The average Bonchev–Trinajstić information content (AvgIpc) is 2.36. The summed E-state index contributed by atoms with van der Waals surface area (Å²) in [5.41, 5.74) is -0.189. The maximum atomic E-state index is 13.8. The number of methoxy groups -OCH3 is 1. The van der Waals surface area contributed by atoms with Crippen LogP contribution in [-0.4, -0.2) is 34.6 Å². The third-order valence-corrected chi connectivity index (χ3v) is 4.30. The second-order valence-corrected chi connectivity index (χ2v) is 7.03. The zero-order valence-electron chi connectivity index (χ0n) is 11.8. The van der Waals surface area contributed by atoms with Gasteiger partial charge in [-0.2, -0.15) is 0 Å². The molecule has 0 bridgehead atoms. The first kappa shape index (κ1) is 17.9. The molecule has 0 atom stereocenters. The number of rotatable bonds is 7. The van der Waals surface area contributed by atoms with Crippen LogP contribution in [0.25, 0.3) is 0 Å². The number of nitrogens with one attached hydrogen (secondary N) is 1. The predicted molar refractivity (Wildman–Crippen MR) is 77.6 cm³/mol. The van der Waals surface area contributed by atoms with Gasteiger partial charge in [-0.25, -0.2) is 12.8 Å². The van der Waals surface area contributed by atoms with Gasteiger partial charge in [-0.3, -0.25) is 4.79 Å². The standard InChI is InChI=1S/C13H17ClFNO4S/c1-9-7-11(15)10(8-12(9)21(14,18)19)13(17)16-5-3-4-6-20-2/h7-8H,3-6H2,1-2H3,(H,16,17). The monoisotopic (exact) mass is 337 g/mol. The molecule has 0 unspecified atom stereocenters. The Morgan fingerprint density at radius 3 is 2.62 bits per heavy atom. The number of unbranched alkanes of at least 4 members (excludes halogenated alkanes) is 1. The summed E-state index contributed by atoms with van der Waals surface area (Å²) in [6.07, 6.45) is 1.43. The van der Waals surface area contributed by atoms with Gasteiger partial charge in [0.1, 0.15) is 5.82 Å². The average molecular weight is 338 g/mol. The molecule has 0 aromatic heterocycles. The summed E-state index contributed by atoms with van der Waals surface area (Å²) in [5, 5.41) is 2.52. The number of benzene rings is 1. The van der Waals surface area contributed by atoms with Gasteiger partial charge in [-0.15, -0.1) is 0 Å². The Kier molecular flexibility index (Phi) is 6.57. The van der Waals surface area contributed by atoms with Gasteiger partial charge in [0, 0.05) is 30.9 Å². The number of carbonyl (C=O) groups is 1. The van der Waals surface area contributed by atoms with Crippen molar-refractivity contribution in [1.29, 1.82) is 0 Å². The second-order valence-electron chi connectivity index (χ2n) is 4.49. The molecule has 0 aliphatic heterocycles. The van der Waals surface area contributed by atoms with Crippen LogP contribution in [-0.2, 0) is 13.8 Å². The smallest absolute Gasteiger partial charge is 0.261 e. The number of halogens is 2. The second kappa shape index (κ2) is 7.72. The summed E-state index contributed by atoms with van der Waals surface area (Å²) in [6, 6.07) is 1.94. The molecular weight excluding hydrogens is 321 g/mol. The fraction of sp³-hybridized carbons (Fsp3) is 0.462. The van der Waals surface area contributed by atoms with Crippen molar-refractivity contribution in [2.45, 2.75) is 24.7 Å². The van der Waals surface area contributed by atoms with Crippen molar-refractivity contribution in [2.75, 3.05) is 20.3 Å². The maximum Gasteiger partial charge on any atom is 0.261 e. The van der Waals surface area contributed by atoms with Crippen LogP contribution >= 0.6 is 10.7 Å². The van der Waals surface area contributed by atoms with Gasteiger partial charge in [-0.1, -0.05) is 0 Å². The lowest BCUT2D eigenvalue weighted by Crippen LogP contribution is -2.26. The first-order valence-corrected chi connectivity index (χ1v) is 8.60. The lowest BCUT2D eigenvalue weighted by atomic mass is 10.1. The van der Waals surface area contributed by atoms with Crippen LogP contribution in [0.1, 0.15) is 28.8 Å². The molecule has 5 nitrogen and oxygen atoms in total. The minimum Gasteiger partial charge on any atom is -0.385 e. The summed E-state index contributed by atoms with van der Waals surface area (Å²) in [5.74, 6) is -1.46. The van der Waals surface area contributed by atoms with Gasteiger partial charge >= 0.3 is 0 Å². The number of carbonyl (C=O) groups excluding carboxylic acids is 1. The highest BCUT2D eigenvalue weighted by atomic mass is 35.7. The van der Waals surface area contributed by atoms with Gasteiger partial charge in [0.15, 0.2) is 0 Å². The fourth-order valence-electron chi connectivity index (χ4n) is 1.76. The number of amides is 1. The summed E-state index contributed by atoms with van der Waals surface area (Å²) in [4.78, 5) is 11.6. The first-order valence-electron chi connectivity index (χ1n) is 6.29. The van der Waals surface area contributed by atoms with Crippen LogP contribution in [0.4, 0.5) is 4.39 Å². The zero-order chi connectivity index (χ0) is 16.0. The molecule has 0 fully saturated rings. The predicted octanol–water partition coefficient (Wildman–Crippen LogP) is 2.22. The molecule has 1 rings (SSSR count). The van der Waals surface area contributed by atoms with Crippen molar-refractivity contribution in [3.05, 3.63) is 29.1 Å². The lowest BCUT2D eigenvalue weighted by molar-refractivity contribution is 0.0947. The van der Waals surface area contributed by atoms with E-state index in [4.69, 9.17) is 15.4 Å². The van der Waals surface area contributed by atoms with Crippen molar-refractivity contribution >= 4 is 25.6 Å². The summed E-state index contributed by atoms with van der Waals surface area (Å²) in [7, 11) is 2.81. The topological polar surface area (TPSA) is 72.5 Å². The van der Waals surface area contributed by atoms with Crippen molar-refractivity contribution < 1.29 is 22.3 Å². The fourth-order valence-corrected chi connectivity index (χ4v) is 2.96. The number of hydrogen-bond donors (Lipinski definition) is 1. The molecule has 21 heavy (non-hydrogen) atoms. The van der Waals surface area contributed by atoms with Crippen molar-refractivity contribution in [3.8, 4) is 0 Å². The zero-order valence-corrected chi connectivity index (χ0v) is 13.4. The van der Waals surface area contributed by atoms with E-state index in [1.165, 1.54) is 6.92 Å². The van der Waals surface area contributed by atoms with E-state index in [0.717, 1.165) is 18.6 Å². The molecule has 0 saturated heterocycles. The highest BCUT2D eigenvalue weighted by molar-refractivity contribution is 8.13. The molecule has 8 heteroatoms. The number of aryl methyl sites for hydroxylation is 1. The van der Waals surface area contributed by atoms with Crippen LogP contribution in [0.5, 0.6) is 0 Å². The minimum atomic E-state index is -4.03. The molecule has 0 radical (unpaired) electrons. The van der Waals surface area contributed by atoms with Crippen LogP contribution in [0.3, 0.4) is 0 Å². The molecule has 0 aliphatic rings. The molecule has 0 spiro atoms. The Hall–Kier alpha value is -1.18. The molecular formula is C13H17ClFNO4S. The third kappa shape index (κ3) is 5.26. The normalized spacial score (nSPS) is 11.4. The van der Waals surface area contributed by atoms with Crippen molar-refractivity contribution in [1.82, 2.24) is 5.32 Å². The van der Waals surface area contributed by atoms with Crippen LogP contribution < -0.4 is 5.32 Å². The van der Waals surface area contributed by atoms with E-state index in [1.54, 1.807) is 7.11 Å². The van der Waals surface area contributed by atoms with Crippen molar-refractivity contribution in [3.63, 3.8) is 0 Å². The maximum absolute atomic E-state index is 13.8. The Morgan fingerprint density at radius 1 is 1.38 bits per heavy atom. The van der Waals surface area contributed by atoms with E-state index < -0.39 is 20.8 Å². The molecule has 0 saturated carbocycles. The van der Waals surface area contributed by atoms with E-state index in [0.29, 0.717) is 19.6 Å². The van der Waals surface area contributed by atoms with E-state index in [2.05, 4.69) is 5.32 Å².